The third-order valence-corrected chi connectivity index (χ3v) is 5.93. The Morgan fingerprint density at radius 1 is 1.06 bits per heavy atom. The number of aromatic nitrogens is 3. The highest BCUT2D eigenvalue weighted by atomic mass is 127. The van der Waals surface area contributed by atoms with Crippen LogP contribution in [0.2, 0.25) is 0 Å². The average molecular weight is 575 g/mol. The fraction of sp³-hybridized carbons (Fsp3) is 0.400. The summed E-state index contributed by atoms with van der Waals surface area (Å²) in [6, 6.07) is 16.9. The van der Waals surface area contributed by atoms with Crippen molar-refractivity contribution in [1.29, 1.82) is 0 Å². The molecule has 4 rings (SSSR count). The monoisotopic (exact) mass is 575 g/mol. The van der Waals surface area contributed by atoms with Gasteiger partial charge in [0, 0.05) is 13.1 Å². The quantitative estimate of drug-likeness (QED) is 0.230. The lowest BCUT2D eigenvalue weighted by atomic mass is 10.1. The number of likely N-dealkylation sites (tertiary alicyclic amines) is 1. The summed E-state index contributed by atoms with van der Waals surface area (Å²) in [4.78, 5) is 11.4. The van der Waals surface area contributed by atoms with Crippen LogP contribution in [0.3, 0.4) is 0 Å². The van der Waals surface area contributed by atoms with E-state index in [1.807, 2.05) is 24.3 Å². The lowest BCUT2D eigenvalue weighted by molar-refractivity contribution is 0.245. The van der Waals surface area contributed by atoms with Gasteiger partial charge in [0.2, 0.25) is 0 Å². The number of methoxy groups -OCH3 is 1. The highest BCUT2D eigenvalue weighted by Crippen LogP contribution is 2.26. The van der Waals surface area contributed by atoms with Crippen molar-refractivity contribution in [2.45, 2.75) is 32.4 Å². The number of ether oxygens (including phenoxy) is 1. The zero-order valence-corrected chi connectivity index (χ0v) is 22.2. The van der Waals surface area contributed by atoms with Gasteiger partial charge in [-0.25, -0.2) is 14.7 Å². The van der Waals surface area contributed by atoms with Crippen LogP contribution in [0, 0.1) is 0 Å². The van der Waals surface area contributed by atoms with Gasteiger partial charge in [-0.05, 0) is 68.2 Å². The maximum Gasteiger partial charge on any atom is 0.191 e. The van der Waals surface area contributed by atoms with Crippen molar-refractivity contribution in [2.75, 3.05) is 33.3 Å². The van der Waals surface area contributed by atoms with Gasteiger partial charge < -0.3 is 15.4 Å². The molecular formula is C25H34IN7O. The van der Waals surface area contributed by atoms with E-state index in [0.717, 1.165) is 49.1 Å². The third-order valence-electron chi connectivity index (χ3n) is 5.93. The minimum absolute atomic E-state index is 0. The smallest absolute Gasteiger partial charge is 0.191 e. The molecule has 1 aromatic heterocycles. The zero-order valence-electron chi connectivity index (χ0n) is 19.9. The summed E-state index contributed by atoms with van der Waals surface area (Å²) in [5.41, 5.74) is 3.42. The maximum absolute atomic E-state index is 5.34. The first-order chi connectivity index (χ1) is 16.3. The molecule has 0 saturated carbocycles. The Hall–Kier alpha value is -2.66. The molecular weight excluding hydrogens is 541 g/mol. The Morgan fingerprint density at radius 2 is 1.79 bits per heavy atom. The first kappa shape index (κ1) is 26.0. The number of rotatable bonds is 9. The molecule has 3 aromatic rings. The van der Waals surface area contributed by atoms with Crippen LogP contribution in [0.5, 0.6) is 5.75 Å². The molecule has 8 nitrogen and oxygen atoms in total. The van der Waals surface area contributed by atoms with E-state index < -0.39 is 0 Å². The maximum atomic E-state index is 5.34. The van der Waals surface area contributed by atoms with Gasteiger partial charge >= 0.3 is 0 Å². The summed E-state index contributed by atoms with van der Waals surface area (Å²) < 4.78 is 7.09. The lowest BCUT2D eigenvalue weighted by Crippen LogP contribution is -2.42. The normalized spacial score (nSPS) is 14.9. The molecule has 182 valence electrons. The fourth-order valence-electron chi connectivity index (χ4n) is 4.14. The molecule has 9 heteroatoms. The van der Waals surface area contributed by atoms with Gasteiger partial charge in [0.25, 0.3) is 0 Å². The molecule has 0 bridgehead atoms. The summed E-state index contributed by atoms with van der Waals surface area (Å²) >= 11 is 0. The van der Waals surface area contributed by atoms with E-state index in [9.17, 15) is 0 Å². The summed E-state index contributed by atoms with van der Waals surface area (Å²) in [5.74, 6) is 1.71. The topological polar surface area (TPSA) is 79.6 Å². The molecule has 1 atom stereocenters. The number of guanidine groups is 1. The van der Waals surface area contributed by atoms with Gasteiger partial charge in [0.05, 0.1) is 25.4 Å². The molecule has 1 unspecified atom stereocenters. The van der Waals surface area contributed by atoms with E-state index in [4.69, 9.17) is 9.73 Å². The van der Waals surface area contributed by atoms with Crippen LogP contribution in [0.15, 0.2) is 66.2 Å². The molecule has 0 radical (unpaired) electrons. The number of hydrogen-bond acceptors (Lipinski definition) is 5. The van der Waals surface area contributed by atoms with E-state index in [2.05, 4.69) is 56.8 Å². The predicted molar refractivity (Wildman–Crippen MR) is 146 cm³/mol. The standard InChI is InChI=1S/C25H33N7O.HI/c1-3-27-25(28-16-20-6-10-22(11-7-20)32-19-26-18-30-32)29-17-24(31-14-4-5-15-31)21-8-12-23(33-2)13-9-21;/h6-13,18-19,24H,3-5,14-17H2,1-2H3,(H2,27,28,29);1H. The first-order valence-corrected chi connectivity index (χ1v) is 11.6. The van der Waals surface area contributed by atoms with Gasteiger partial charge in [-0.1, -0.05) is 24.3 Å². The SMILES string of the molecule is CCNC(=NCc1ccc(-n2cncn2)cc1)NCC(c1ccc(OC)cc1)N1CCCC1.I. The van der Waals surface area contributed by atoms with Gasteiger partial charge in [0.1, 0.15) is 18.4 Å². The molecule has 1 aliphatic heterocycles. The second-order valence-electron chi connectivity index (χ2n) is 8.11. The molecule has 34 heavy (non-hydrogen) atoms. The van der Waals surface area contributed by atoms with Crippen LogP contribution in [-0.4, -0.2) is 58.9 Å². The molecule has 1 aliphatic rings. The average Bonchev–Trinajstić information content (AvgIpc) is 3.58. The van der Waals surface area contributed by atoms with Gasteiger partial charge in [-0.3, -0.25) is 4.90 Å². The highest BCUT2D eigenvalue weighted by molar-refractivity contribution is 14.0. The Labute approximate surface area is 218 Å². The molecule has 2 N–H and O–H groups in total. The fourth-order valence-corrected chi connectivity index (χ4v) is 4.14. The van der Waals surface area contributed by atoms with Crippen molar-refractivity contribution in [3.63, 3.8) is 0 Å². The Kier molecular flexibility index (Phi) is 10.1. The Morgan fingerprint density at radius 3 is 2.41 bits per heavy atom. The molecule has 2 aromatic carbocycles. The number of aliphatic imine (C=N–C) groups is 1. The molecule has 0 aliphatic carbocycles. The van der Waals surface area contributed by atoms with Crippen LogP contribution in [0.25, 0.3) is 5.69 Å². The minimum Gasteiger partial charge on any atom is -0.497 e. The third kappa shape index (κ3) is 6.92. The number of nitrogens with zero attached hydrogens (tertiary/aromatic N) is 5. The Balaban J connectivity index is 0.00000324. The molecule has 0 amide bonds. The van der Waals surface area contributed by atoms with Gasteiger partial charge in [0.15, 0.2) is 5.96 Å². The van der Waals surface area contributed by atoms with E-state index in [-0.39, 0.29) is 24.0 Å². The first-order valence-electron chi connectivity index (χ1n) is 11.6. The van der Waals surface area contributed by atoms with Crippen molar-refractivity contribution in [3.05, 3.63) is 72.3 Å². The number of benzene rings is 2. The largest absolute Gasteiger partial charge is 0.497 e. The molecule has 0 spiro atoms. The van der Waals surface area contributed by atoms with Crippen LogP contribution < -0.4 is 15.4 Å². The van der Waals surface area contributed by atoms with Crippen molar-refractivity contribution in [1.82, 2.24) is 30.3 Å². The molecule has 1 saturated heterocycles. The van der Waals surface area contributed by atoms with E-state index in [1.165, 1.54) is 24.7 Å². The van der Waals surface area contributed by atoms with Gasteiger partial charge in [-0.15, -0.1) is 24.0 Å². The predicted octanol–water partition coefficient (Wildman–Crippen LogP) is 3.79. The second kappa shape index (κ2) is 13.3. The number of halogens is 1. The second-order valence-corrected chi connectivity index (χ2v) is 8.11. The lowest BCUT2D eigenvalue weighted by Gasteiger charge is -2.29. The zero-order chi connectivity index (χ0) is 22.9. The molecule has 2 heterocycles. The van der Waals surface area contributed by atoms with Crippen molar-refractivity contribution < 1.29 is 4.74 Å². The summed E-state index contributed by atoms with van der Waals surface area (Å²) in [5, 5.41) is 11.1. The van der Waals surface area contributed by atoms with E-state index in [0.29, 0.717) is 12.6 Å². The number of hydrogen-bond donors (Lipinski definition) is 2. The minimum atomic E-state index is 0. The van der Waals surface area contributed by atoms with Crippen LogP contribution in [0.4, 0.5) is 0 Å². The van der Waals surface area contributed by atoms with Crippen LogP contribution in [0.1, 0.15) is 36.9 Å². The highest BCUT2D eigenvalue weighted by Gasteiger charge is 2.23. The van der Waals surface area contributed by atoms with E-state index >= 15 is 0 Å². The van der Waals surface area contributed by atoms with Crippen molar-refractivity contribution in [3.8, 4) is 11.4 Å². The van der Waals surface area contributed by atoms with Crippen LogP contribution >= 0.6 is 24.0 Å². The van der Waals surface area contributed by atoms with Crippen molar-refractivity contribution >= 4 is 29.9 Å². The number of nitrogens with one attached hydrogen (secondary N) is 2. The van der Waals surface area contributed by atoms with E-state index in [1.54, 1.807) is 18.1 Å². The van der Waals surface area contributed by atoms with Crippen LogP contribution in [-0.2, 0) is 6.54 Å². The van der Waals surface area contributed by atoms with Gasteiger partial charge in [-0.2, -0.15) is 5.10 Å². The van der Waals surface area contributed by atoms with Crippen molar-refractivity contribution in [2.24, 2.45) is 4.99 Å². The summed E-state index contributed by atoms with van der Waals surface area (Å²) in [7, 11) is 1.70. The molecule has 1 fully saturated rings. The summed E-state index contributed by atoms with van der Waals surface area (Å²) in [6.07, 6.45) is 5.74. The summed E-state index contributed by atoms with van der Waals surface area (Å²) in [6.45, 7) is 6.56. The Bertz CT molecular complexity index is 1000.